The Balaban J connectivity index is 0.00000225. The van der Waals surface area contributed by atoms with Crippen molar-refractivity contribution in [2.45, 2.75) is 50.2 Å². The molecule has 148 valence electrons. The van der Waals surface area contributed by atoms with Gasteiger partial charge in [0.2, 0.25) is 0 Å². The van der Waals surface area contributed by atoms with Gasteiger partial charge in [-0.05, 0) is 34.7 Å². The van der Waals surface area contributed by atoms with Crippen LogP contribution >= 0.6 is 12.4 Å². The van der Waals surface area contributed by atoms with Crippen LogP contribution in [0, 0.1) is 0 Å². The molecule has 3 aromatic rings. The molecule has 1 saturated carbocycles. The van der Waals surface area contributed by atoms with Gasteiger partial charge in [-0.1, -0.05) is 92.1 Å². The number of hydrogen-bond donors (Lipinski definition) is 2. The highest BCUT2D eigenvalue weighted by atomic mass is 35.5. The molecule has 3 aromatic carbocycles. The summed E-state index contributed by atoms with van der Waals surface area (Å²) in [5, 5.41) is 17.6. The minimum Gasteiger partial charge on any atom is -0.389 e. The monoisotopic (exact) mass is 395 g/mol. The number of nitrogens with one attached hydrogen (secondary N) is 1. The van der Waals surface area contributed by atoms with Crippen LogP contribution in [0.4, 0.5) is 0 Å². The lowest BCUT2D eigenvalue weighted by Crippen LogP contribution is -2.43. The van der Waals surface area contributed by atoms with E-state index in [1.807, 2.05) is 6.07 Å². The van der Waals surface area contributed by atoms with Crippen molar-refractivity contribution in [3.05, 3.63) is 83.9 Å². The Morgan fingerprint density at radius 2 is 1.50 bits per heavy atom. The predicted molar refractivity (Wildman–Crippen MR) is 120 cm³/mol. The fourth-order valence-corrected chi connectivity index (χ4v) is 4.51. The summed E-state index contributed by atoms with van der Waals surface area (Å²) in [6.45, 7) is 1.63. The first-order valence-electron chi connectivity index (χ1n) is 10.2. The molecule has 0 aromatic heterocycles. The Kier molecular flexibility index (Phi) is 7.12. The van der Waals surface area contributed by atoms with Gasteiger partial charge < -0.3 is 10.4 Å². The van der Waals surface area contributed by atoms with Crippen molar-refractivity contribution >= 4 is 23.2 Å². The zero-order valence-corrected chi connectivity index (χ0v) is 17.1. The molecule has 0 bridgehead atoms. The van der Waals surface area contributed by atoms with Gasteiger partial charge >= 0.3 is 0 Å². The molecule has 2 nitrogen and oxygen atoms in total. The van der Waals surface area contributed by atoms with Crippen LogP contribution in [0.1, 0.15) is 49.1 Å². The number of fused-ring (bicyclic) bond motifs is 1. The molecular formula is C25H30ClNO. The number of benzene rings is 3. The summed E-state index contributed by atoms with van der Waals surface area (Å²) in [4.78, 5) is 0. The molecule has 1 aliphatic rings. The smallest absolute Gasteiger partial charge is 0.0728 e. The van der Waals surface area contributed by atoms with Crippen molar-refractivity contribution in [1.82, 2.24) is 5.32 Å². The molecule has 28 heavy (non-hydrogen) atoms. The van der Waals surface area contributed by atoms with E-state index in [-0.39, 0.29) is 18.3 Å². The van der Waals surface area contributed by atoms with Gasteiger partial charge in [0.25, 0.3) is 0 Å². The first-order chi connectivity index (χ1) is 13.2. The molecule has 0 saturated heterocycles. The topological polar surface area (TPSA) is 32.3 Å². The van der Waals surface area contributed by atoms with Crippen LogP contribution in [0.5, 0.6) is 0 Å². The molecule has 1 aliphatic carbocycles. The number of rotatable bonds is 6. The fraction of sp³-hybridized carbons (Fsp3) is 0.360. The predicted octanol–water partition coefficient (Wildman–Crippen LogP) is 5.83. The highest BCUT2D eigenvalue weighted by Crippen LogP contribution is 2.40. The fourth-order valence-electron chi connectivity index (χ4n) is 4.51. The van der Waals surface area contributed by atoms with Crippen LogP contribution in [0.2, 0.25) is 0 Å². The lowest BCUT2D eigenvalue weighted by atomic mass is 9.72. The summed E-state index contributed by atoms with van der Waals surface area (Å²) in [5.74, 6) is 0.117. The Bertz CT molecular complexity index is 874. The first-order valence-corrected chi connectivity index (χ1v) is 10.2. The van der Waals surface area contributed by atoms with Gasteiger partial charge in [0.05, 0.1) is 5.60 Å². The van der Waals surface area contributed by atoms with Crippen molar-refractivity contribution < 1.29 is 5.11 Å². The second-order valence-electron chi connectivity index (χ2n) is 7.94. The quantitative estimate of drug-likeness (QED) is 0.550. The molecule has 0 amide bonds. The van der Waals surface area contributed by atoms with Gasteiger partial charge in [-0.15, -0.1) is 12.4 Å². The SMILES string of the molecule is Cl.OC1(C(CNCc2ccccc2)c2ccc3ccccc3c2)CCCCC1. The minimum atomic E-state index is -0.607. The van der Waals surface area contributed by atoms with E-state index in [1.165, 1.54) is 28.3 Å². The van der Waals surface area contributed by atoms with Crippen LogP contribution in [0.3, 0.4) is 0 Å². The van der Waals surface area contributed by atoms with E-state index in [1.54, 1.807) is 0 Å². The molecule has 0 aliphatic heterocycles. The summed E-state index contributed by atoms with van der Waals surface area (Å²) >= 11 is 0. The Morgan fingerprint density at radius 1 is 0.821 bits per heavy atom. The van der Waals surface area contributed by atoms with Crippen molar-refractivity contribution in [2.24, 2.45) is 0 Å². The van der Waals surface area contributed by atoms with Crippen LogP contribution in [-0.4, -0.2) is 17.3 Å². The average molecular weight is 396 g/mol. The molecular weight excluding hydrogens is 366 g/mol. The zero-order valence-electron chi connectivity index (χ0n) is 16.3. The third-order valence-corrected chi connectivity index (χ3v) is 6.06. The maximum Gasteiger partial charge on any atom is 0.0728 e. The normalized spacial score (nSPS) is 17.0. The van der Waals surface area contributed by atoms with E-state index in [9.17, 15) is 5.11 Å². The van der Waals surface area contributed by atoms with E-state index in [4.69, 9.17) is 0 Å². The standard InChI is InChI=1S/C25H29NO.ClH/c27-25(15-7-2-8-16-25)24(19-26-18-20-9-3-1-4-10-20)23-14-13-21-11-5-6-12-22(21)17-23;/h1,3-6,9-14,17,24,26-27H,2,7-8,15-16,18-19H2;1H. The maximum absolute atomic E-state index is 11.5. The van der Waals surface area contributed by atoms with E-state index < -0.39 is 5.60 Å². The van der Waals surface area contributed by atoms with E-state index in [2.05, 4.69) is 72.0 Å². The van der Waals surface area contributed by atoms with Crippen molar-refractivity contribution in [1.29, 1.82) is 0 Å². The number of halogens is 1. The molecule has 0 radical (unpaired) electrons. The van der Waals surface area contributed by atoms with Gasteiger partial charge in [-0.25, -0.2) is 0 Å². The third-order valence-electron chi connectivity index (χ3n) is 6.06. The lowest BCUT2D eigenvalue weighted by Gasteiger charge is -2.40. The highest BCUT2D eigenvalue weighted by Gasteiger charge is 2.38. The molecule has 3 heteroatoms. The highest BCUT2D eigenvalue weighted by molar-refractivity contribution is 5.85. The molecule has 4 rings (SSSR count). The van der Waals surface area contributed by atoms with E-state index in [0.29, 0.717) is 0 Å². The second kappa shape index (κ2) is 9.56. The van der Waals surface area contributed by atoms with Crippen LogP contribution in [0.25, 0.3) is 10.8 Å². The molecule has 2 N–H and O–H groups in total. The Labute approximate surface area is 174 Å². The average Bonchev–Trinajstić information content (AvgIpc) is 2.72. The van der Waals surface area contributed by atoms with Gasteiger partial charge in [-0.2, -0.15) is 0 Å². The third kappa shape index (κ3) is 4.75. The minimum absolute atomic E-state index is 0. The first kappa shape index (κ1) is 20.9. The zero-order chi connectivity index (χ0) is 18.5. The number of hydrogen-bond acceptors (Lipinski definition) is 2. The molecule has 1 unspecified atom stereocenters. The summed E-state index contributed by atoms with van der Waals surface area (Å²) in [5.41, 5.74) is 1.92. The molecule has 1 atom stereocenters. The summed E-state index contributed by atoms with van der Waals surface area (Å²) in [6, 6.07) is 25.7. The van der Waals surface area contributed by atoms with E-state index >= 15 is 0 Å². The summed E-state index contributed by atoms with van der Waals surface area (Å²) < 4.78 is 0. The van der Waals surface area contributed by atoms with Gasteiger partial charge in [0.1, 0.15) is 0 Å². The second-order valence-corrected chi connectivity index (χ2v) is 7.94. The Morgan fingerprint density at radius 3 is 2.25 bits per heavy atom. The molecule has 0 spiro atoms. The molecule has 0 heterocycles. The maximum atomic E-state index is 11.5. The van der Waals surface area contributed by atoms with E-state index in [0.717, 1.165) is 38.8 Å². The molecule has 1 fully saturated rings. The van der Waals surface area contributed by atoms with Gasteiger partial charge in [-0.3, -0.25) is 0 Å². The summed E-state index contributed by atoms with van der Waals surface area (Å²) in [6.07, 6.45) is 5.29. The largest absolute Gasteiger partial charge is 0.389 e. The van der Waals surface area contributed by atoms with Crippen LogP contribution in [-0.2, 0) is 6.54 Å². The van der Waals surface area contributed by atoms with Crippen molar-refractivity contribution in [3.8, 4) is 0 Å². The Hall–Kier alpha value is -1.87. The van der Waals surface area contributed by atoms with Gasteiger partial charge in [0.15, 0.2) is 0 Å². The summed E-state index contributed by atoms with van der Waals surface area (Å²) in [7, 11) is 0. The van der Waals surface area contributed by atoms with Crippen molar-refractivity contribution in [2.75, 3.05) is 6.54 Å². The van der Waals surface area contributed by atoms with Crippen LogP contribution < -0.4 is 5.32 Å². The van der Waals surface area contributed by atoms with Gasteiger partial charge in [0, 0.05) is 19.0 Å². The lowest BCUT2D eigenvalue weighted by molar-refractivity contribution is -0.0216. The van der Waals surface area contributed by atoms with Crippen molar-refractivity contribution in [3.63, 3.8) is 0 Å². The van der Waals surface area contributed by atoms with Crippen LogP contribution in [0.15, 0.2) is 72.8 Å². The number of aliphatic hydroxyl groups is 1.